The number of hydrogen-bond acceptors (Lipinski definition) is 7. The molecule has 9 nitrogen and oxygen atoms in total. The number of hydrogen-bond donors (Lipinski definition) is 3. The minimum Gasteiger partial charge on any atom is -0.495 e. The van der Waals surface area contributed by atoms with Crippen molar-refractivity contribution in [1.82, 2.24) is 5.32 Å². The van der Waals surface area contributed by atoms with Crippen LogP contribution in [0.15, 0.2) is 35.9 Å². The van der Waals surface area contributed by atoms with Crippen molar-refractivity contribution in [3.63, 3.8) is 0 Å². The summed E-state index contributed by atoms with van der Waals surface area (Å²) in [5, 5.41) is 25.6. The molecule has 0 spiro atoms. The third kappa shape index (κ3) is 6.95. The molecule has 0 saturated carbocycles. The number of nitrogens with zero attached hydrogens (tertiary/aromatic N) is 1. The average molecular weight is 565 g/mol. The fraction of sp³-hybridized carbons (Fsp3) is 0.586. The first-order chi connectivity index (χ1) is 18.2. The van der Waals surface area contributed by atoms with Crippen LogP contribution in [0.5, 0.6) is 5.75 Å². The van der Waals surface area contributed by atoms with Crippen LogP contribution in [0.1, 0.15) is 52.5 Å². The van der Waals surface area contributed by atoms with Crippen LogP contribution in [0, 0.1) is 11.3 Å². The van der Waals surface area contributed by atoms with Gasteiger partial charge in [-0.25, -0.2) is 4.79 Å². The molecular weight excluding hydrogens is 524 g/mol. The standard InChI is InChI=1S/C29H41ClN2O7/c1-17-9-8-10-23(38-7)29(36)16-22(39-27(35)31-29)18(2)26(34)28(3,4)12-11-24(33)32(5)20-14-19(13-17)15-21(37-6)25(20)30/h8-10,14-15,18,22-23,26,34,36H,11-13,16H2,1-7H3,(H,31,35)/b10-8+,17-9+/t18-,22+,23-,26+,29+/m1/s1. The molecule has 1 aromatic rings. The quantitative estimate of drug-likeness (QED) is 0.488. The highest BCUT2D eigenvalue weighted by molar-refractivity contribution is 6.35. The van der Waals surface area contributed by atoms with Crippen molar-refractivity contribution >= 4 is 29.3 Å². The van der Waals surface area contributed by atoms with E-state index in [9.17, 15) is 19.8 Å². The van der Waals surface area contributed by atoms with Crippen molar-refractivity contribution in [2.75, 3.05) is 26.2 Å². The van der Waals surface area contributed by atoms with Crippen LogP contribution < -0.4 is 15.0 Å². The Labute approximate surface area is 235 Å². The Kier molecular flexibility index (Phi) is 9.75. The lowest BCUT2D eigenvalue weighted by molar-refractivity contribution is -0.154. The number of aliphatic hydroxyl groups is 2. The third-order valence-corrected chi connectivity index (χ3v) is 8.25. The topological polar surface area (TPSA) is 118 Å². The summed E-state index contributed by atoms with van der Waals surface area (Å²) in [7, 11) is 4.65. The highest BCUT2D eigenvalue weighted by atomic mass is 35.5. The summed E-state index contributed by atoms with van der Waals surface area (Å²) in [6.07, 6.45) is 3.01. The zero-order valence-corrected chi connectivity index (χ0v) is 24.5. The Morgan fingerprint density at radius 3 is 2.56 bits per heavy atom. The molecule has 0 aliphatic carbocycles. The molecule has 0 radical (unpaired) electrons. The van der Waals surface area contributed by atoms with Crippen LogP contribution in [-0.4, -0.2) is 67.5 Å². The van der Waals surface area contributed by atoms with Crippen molar-refractivity contribution in [3.05, 3.63) is 46.5 Å². The highest BCUT2D eigenvalue weighted by Gasteiger charge is 2.48. The number of carbonyl (C=O) groups is 2. The molecule has 216 valence electrons. The van der Waals surface area contributed by atoms with Gasteiger partial charge >= 0.3 is 6.09 Å². The Balaban J connectivity index is 2.07. The van der Waals surface area contributed by atoms with Crippen LogP contribution in [-0.2, 0) is 20.7 Å². The minimum atomic E-state index is -1.74. The number of halogens is 1. The van der Waals surface area contributed by atoms with Gasteiger partial charge in [-0.05, 0) is 42.9 Å². The van der Waals surface area contributed by atoms with Crippen LogP contribution in [0.2, 0.25) is 5.02 Å². The average Bonchev–Trinajstić information content (AvgIpc) is 2.88. The van der Waals surface area contributed by atoms with Crippen LogP contribution in [0.3, 0.4) is 0 Å². The summed E-state index contributed by atoms with van der Waals surface area (Å²) < 4.78 is 16.5. The van der Waals surface area contributed by atoms with Crippen molar-refractivity contribution in [2.24, 2.45) is 11.3 Å². The van der Waals surface area contributed by atoms with Gasteiger partial charge in [-0.15, -0.1) is 0 Å². The molecule has 3 N–H and O–H groups in total. The summed E-state index contributed by atoms with van der Waals surface area (Å²) in [4.78, 5) is 27.3. The molecular formula is C29H41ClN2O7. The Morgan fingerprint density at radius 1 is 1.23 bits per heavy atom. The van der Waals surface area contributed by atoms with Gasteiger partial charge in [-0.1, -0.05) is 56.2 Å². The molecule has 2 aliphatic rings. The largest absolute Gasteiger partial charge is 0.495 e. The number of carbonyl (C=O) groups excluding carboxylic acids is 2. The molecule has 1 saturated heterocycles. The summed E-state index contributed by atoms with van der Waals surface area (Å²) in [5.41, 5.74) is -0.0261. The first-order valence-corrected chi connectivity index (χ1v) is 13.5. The summed E-state index contributed by atoms with van der Waals surface area (Å²) in [6.45, 7) is 7.46. The van der Waals surface area contributed by atoms with Gasteiger partial charge in [0.15, 0.2) is 5.72 Å². The van der Waals surface area contributed by atoms with Crippen LogP contribution in [0.4, 0.5) is 10.5 Å². The second kappa shape index (κ2) is 12.3. The second-order valence-corrected chi connectivity index (χ2v) is 11.7. The van der Waals surface area contributed by atoms with E-state index < -0.39 is 41.5 Å². The van der Waals surface area contributed by atoms with E-state index in [1.165, 1.54) is 19.1 Å². The van der Waals surface area contributed by atoms with E-state index in [0.717, 1.165) is 11.1 Å². The van der Waals surface area contributed by atoms with E-state index >= 15 is 0 Å². The highest BCUT2D eigenvalue weighted by Crippen LogP contribution is 2.39. The van der Waals surface area contributed by atoms with Crippen molar-refractivity contribution in [1.29, 1.82) is 0 Å². The van der Waals surface area contributed by atoms with Crippen LogP contribution in [0.25, 0.3) is 0 Å². The number of allylic oxidation sites excluding steroid dienone is 3. The molecule has 0 aromatic heterocycles. The molecule has 5 atom stereocenters. The van der Waals surface area contributed by atoms with E-state index in [2.05, 4.69) is 5.32 Å². The molecule has 1 fully saturated rings. The maximum Gasteiger partial charge on any atom is 0.409 e. The lowest BCUT2D eigenvalue weighted by atomic mass is 9.73. The van der Waals surface area contributed by atoms with Gasteiger partial charge in [0.1, 0.15) is 23.0 Å². The number of fused-ring (bicyclic) bond motifs is 4. The summed E-state index contributed by atoms with van der Waals surface area (Å²) in [5.74, 6) is -0.235. The van der Waals surface area contributed by atoms with E-state index in [0.29, 0.717) is 29.3 Å². The zero-order valence-electron chi connectivity index (χ0n) is 23.8. The SMILES string of the molecule is COc1cc2cc(c1Cl)N(C)C(=O)CCC(C)(C)[C@@H](O)[C@H](C)[C@@H]1C[C@@](O)(NC(=O)O1)[C@H](OC)/C=C/C=C(\C)C2. The van der Waals surface area contributed by atoms with E-state index in [-0.39, 0.29) is 18.7 Å². The molecule has 4 bridgehead atoms. The third-order valence-electron chi connectivity index (χ3n) is 7.87. The second-order valence-electron chi connectivity index (χ2n) is 11.3. The van der Waals surface area contributed by atoms with Crippen molar-refractivity contribution in [3.8, 4) is 5.75 Å². The number of anilines is 1. The van der Waals surface area contributed by atoms with Crippen molar-refractivity contribution < 1.29 is 34.0 Å². The number of nitrogens with one attached hydrogen (secondary N) is 1. The van der Waals surface area contributed by atoms with Gasteiger partial charge in [0, 0.05) is 32.9 Å². The molecule has 39 heavy (non-hydrogen) atoms. The molecule has 2 heterocycles. The number of benzene rings is 1. The molecule has 3 rings (SSSR count). The number of rotatable bonds is 2. The first-order valence-electron chi connectivity index (χ1n) is 13.1. The maximum absolute atomic E-state index is 13.3. The summed E-state index contributed by atoms with van der Waals surface area (Å²) >= 11 is 6.61. The molecule has 1 aromatic carbocycles. The van der Waals surface area contributed by atoms with Crippen LogP contribution >= 0.6 is 11.6 Å². The molecule has 2 aliphatic heterocycles. The van der Waals surface area contributed by atoms with E-state index in [4.69, 9.17) is 25.8 Å². The molecule has 2 amide bonds. The predicted molar refractivity (Wildman–Crippen MR) is 150 cm³/mol. The van der Waals surface area contributed by atoms with Gasteiger partial charge in [0.25, 0.3) is 0 Å². The molecule has 0 unspecified atom stereocenters. The fourth-order valence-corrected chi connectivity index (χ4v) is 5.60. The minimum absolute atomic E-state index is 0.00435. The Hall–Kier alpha value is -2.59. The number of aliphatic hydroxyl groups excluding tert-OH is 1. The number of amides is 2. The fourth-order valence-electron chi connectivity index (χ4n) is 5.29. The van der Waals surface area contributed by atoms with Gasteiger partial charge in [0.2, 0.25) is 5.91 Å². The monoisotopic (exact) mass is 564 g/mol. The first kappa shape index (κ1) is 30.9. The normalized spacial score (nSPS) is 32.5. The van der Waals surface area contributed by atoms with Gasteiger partial charge in [-0.3, -0.25) is 10.1 Å². The maximum atomic E-state index is 13.3. The van der Waals surface area contributed by atoms with Gasteiger partial charge in [-0.2, -0.15) is 0 Å². The predicted octanol–water partition coefficient (Wildman–Crippen LogP) is 4.38. The smallest absolute Gasteiger partial charge is 0.409 e. The lowest BCUT2D eigenvalue weighted by Gasteiger charge is -2.44. The van der Waals surface area contributed by atoms with Gasteiger partial charge in [0.05, 0.1) is 18.9 Å². The Morgan fingerprint density at radius 2 is 1.92 bits per heavy atom. The zero-order chi connectivity index (χ0) is 29.1. The molecule has 10 heteroatoms. The van der Waals surface area contributed by atoms with Crippen molar-refractivity contribution in [2.45, 2.75) is 77.4 Å². The van der Waals surface area contributed by atoms with Gasteiger partial charge < -0.3 is 29.3 Å². The van der Waals surface area contributed by atoms with E-state index in [1.807, 2.05) is 39.0 Å². The summed E-state index contributed by atoms with van der Waals surface area (Å²) in [6, 6.07) is 3.71. The number of ether oxygens (including phenoxy) is 3. The number of alkyl carbamates (subject to hydrolysis) is 1. The Bertz CT molecular complexity index is 1130. The van der Waals surface area contributed by atoms with E-state index in [1.54, 1.807) is 26.1 Å². The number of methoxy groups -OCH3 is 2. The lowest BCUT2D eigenvalue weighted by Crippen LogP contribution is -2.64.